The molecule has 5 aromatic rings. The van der Waals surface area contributed by atoms with Crippen LogP contribution in [0.25, 0.3) is 28.0 Å². The maximum atomic E-state index is 13.9. The van der Waals surface area contributed by atoms with E-state index in [1.54, 1.807) is 12.1 Å². The fourth-order valence-electron chi connectivity index (χ4n) is 5.32. The van der Waals surface area contributed by atoms with Crippen LogP contribution in [-0.4, -0.2) is 14.9 Å². The SMILES string of the molecule is Cc1ccc(NC(=O)c2c(-c3ccc(F)cc3)c3c4n(c(-c5ccc(C)cc5)cn24)CCCC3)cc1. The van der Waals surface area contributed by atoms with Crippen molar-refractivity contribution < 1.29 is 9.18 Å². The molecule has 0 unspecified atom stereocenters. The van der Waals surface area contributed by atoms with Gasteiger partial charge in [0.15, 0.2) is 0 Å². The van der Waals surface area contributed by atoms with Crippen LogP contribution in [0.1, 0.15) is 40.0 Å². The smallest absolute Gasteiger partial charge is 0.273 e. The molecule has 0 saturated carbocycles. The molecule has 0 atom stereocenters. The third-order valence-electron chi connectivity index (χ3n) is 7.14. The predicted molar refractivity (Wildman–Crippen MR) is 143 cm³/mol. The molecule has 0 fully saturated rings. The fourth-order valence-corrected chi connectivity index (χ4v) is 5.32. The summed E-state index contributed by atoms with van der Waals surface area (Å²) in [4.78, 5) is 13.9. The van der Waals surface area contributed by atoms with Crippen molar-refractivity contribution in [3.63, 3.8) is 0 Å². The van der Waals surface area contributed by atoms with Crippen molar-refractivity contribution in [3.05, 3.63) is 107 Å². The highest BCUT2D eigenvalue weighted by atomic mass is 19.1. The van der Waals surface area contributed by atoms with E-state index < -0.39 is 0 Å². The highest BCUT2D eigenvalue weighted by Crippen LogP contribution is 2.39. The molecule has 1 N–H and O–H groups in total. The summed E-state index contributed by atoms with van der Waals surface area (Å²) in [6, 6.07) is 22.8. The van der Waals surface area contributed by atoms with E-state index in [2.05, 4.69) is 51.7 Å². The second-order valence-electron chi connectivity index (χ2n) is 9.71. The highest BCUT2D eigenvalue weighted by molar-refractivity contribution is 6.10. The Balaban J connectivity index is 1.60. The number of carbonyl (C=O) groups excluding carboxylic acids is 1. The summed E-state index contributed by atoms with van der Waals surface area (Å²) >= 11 is 0. The normalized spacial score (nSPS) is 13.1. The van der Waals surface area contributed by atoms with E-state index in [1.165, 1.54) is 17.7 Å². The topological polar surface area (TPSA) is 38.4 Å². The minimum Gasteiger partial charge on any atom is -0.325 e. The Morgan fingerprint density at radius 1 is 0.833 bits per heavy atom. The van der Waals surface area contributed by atoms with Gasteiger partial charge in [0.2, 0.25) is 0 Å². The number of benzene rings is 3. The van der Waals surface area contributed by atoms with Crippen LogP contribution in [0.15, 0.2) is 79.0 Å². The molecule has 1 aliphatic rings. The average molecular weight is 478 g/mol. The van der Waals surface area contributed by atoms with Crippen molar-refractivity contribution in [2.45, 2.75) is 39.7 Å². The third-order valence-corrected chi connectivity index (χ3v) is 7.14. The maximum absolute atomic E-state index is 13.9. The van der Waals surface area contributed by atoms with Gasteiger partial charge in [-0.25, -0.2) is 4.39 Å². The Bertz CT molecular complexity index is 1570. The minimum absolute atomic E-state index is 0.174. The van der Waals surface area contributed by atoms with Crippen molar-refractivity contribution in [2.75, 3.05) is 5.32 Å². The molecule has 0 aliphatic carbocycles. The van der Waals surface area contributed by atoms with Gasteiger partial charge in [-0.05, 0) is 68.5 Å². The molecule has 3 aromatic carbocycles. The largest absolute Gasteiger partial charge is 0.325 e. The zero-order valence-electron chi connectivity index (χ0n) is 20.5. The molecular weight excluding hydrogens is 449 g/mol. The minimum atomic E-state index is -0.287. The average Bonchev–Trinajstić information content (AvgIpc) is 3.29. The molecule has 1 amide bonds. The molecule has 3 heterocycles. The zero-order valence-corrected chi connectivity index (χ0v) is 20.5. The van der Waals surface area contributed by atoms with Gasteiger partial charge in [-0.1, -0.05) is 59.7 Å². The summed E-state index contributed by atoms with van der Waals surface area (Å²) in [5, 5.41) is 3.11. The molecule has 0 radical (unpaired) electrons. The second kappa shape index (κ2) is 8.83. The first kappa shape index (κ1) is 22.4. The molecular formula is C31H28FN3O. The van der Waals surface area contributed by atoms with Gasteiger partial charge in [-0.2, -0.15) is 0 Å². The number of rotatable bonds is 4. The van der Waals surface area contributed by atoms with E-state index in [0.29, 0.717) is 5.69 Å². The molecule has 4 nitrogen and oxygen atoms in total. The first-order valence-corrected chi connectivity index (χ1v) is 12.5. The van der Waals surface area contributed by atoms with Crippen molar-refractivity contribution in [3.8, 4) is 22.4 Å². The lowest BCUT2D eigenvalue weighted by atomic mass is 9.97. The fraction of sp³-hybridized carbons (Fsp3) is 0.194. The van der Waals surface area contributed by atoms with E-state index in [1.807, 2.05) is 31.2 Å². The molecule has 0 bridgehead atoms. The lowest BCUT2D eigenvalue weighted by Crippen LogP contribution is -2.15. The van der Waals surface area contributed by atoms with E-state index >= 15 is 0 Å². The molecule has 2 aromatic heterocycles. The molecule has 5 heteroatoms. The molecule has 36 heavy (non-hydrogen) atoms. The molecule has 1 aliphatic heterocycles. The Hall–Kier alpha value is -4.12. The van der Waals surface area contributed by atoms with Crippen LogP contribution in [-0.2, 0) is 13.0 Å². The summed E-state index contributed by atoms with van der Waals surface area (Å²) in [5.41, 5.74) is 9.85. The number of nitrogens with one attached hydrogen (secondary N) is 1. The van der Waals surface area contributed by atoms with Gasteiger partial charge in [0.25, 0.3) is 5.91 Å². The number of nitrogens with zero attached hydrogens (tertiary/aromatic N) is 2. The second-order valence-corrected chi connectivity index (χ2v) is 9.71. The number of hydrogen-bond acceptors (Lipinski definition) is 1. The number of imidazole rings is 1. The standard InChI is InChI=1S/C31H28FN3O/c1-20-6-10-22(11-7-20)27-19-35-29(30(36)33-25-16-8-21(2)9-17-25)28(23-12-14-24(32)15-13-23)26-5-3-4-18-34(27)31(26)35/h6-17,19H,3-5,18H2,1-2H3,(H,33,36). The Morgan fingerprint density at radius 2 is 1.47 bits per heavy atom. The predicted octanol–water partition coefficient (Wildman–Crippen LogP) is 7.42. The molecule has 180 valence electrons. The summed E-state index contributed by atoms with van der Waals surface area (Å²) in [5.74, 6) is -0.460. The quantitative estimate of drug-likeness (QED) is 0.287. The van der Waals surface area contributed by atoms with E-state index in [0.717, 1.165) is 70.7 Å². The van der Waals surface area contributed by atoms with Crippen molar-refractivity contribution >= 4 is 17.2 Å². The Morgan fingerprint density at radius 3 is 2.17 bits per heavy atom. The van der Waals surface area contributed by atoms with Crippen LogP contribution >= 0.6 is 0 Å². The van der Waals surface area contributed by atoms with Crippen LogP contribution in [0.3, 0.4) is 0 Å². The first-order chi connectivity index (χ1) is 17.5. The van der Waals surface area contributed by atoms with Crippen LogP contribution in [0.4, 0.5) is 10.1 Å². The number of hydrogen-bond donors (Lipinski definition) is 1. The zero-order chi connectivity index (χ0) is 24.8. The number of anilines is 1. The summed E-state index contributed by atoms with van der Waals surface area (Å²) in [7, 11) is 0. The van der Waals surface area contributed by atoms with E-state index in [9.17, 15) is 9.18 Å². The third kappa shape index (κ3) is 3.81. The Labute approximate surface area is 210 Å². The molecule has 6 rings (SSSR count). The van der Waals surface area contributed by atoms with E-state index in [4.69, 9.17) is 0 Å². The van der Waals surface area contributed by atoms with E-state index in [-0.39, 0.29) is 11.7 Å². The summed E-state index contributed by atoms with van der Waals surface area (Å²) < 4.78 is 18.2. The Kier molecular flexibility index (Phi) is 5.48. The van der Waals surface area contributed by atoms with Gasteiger partial charge >= 0.3 is 0 Å². The monoisotopic (exact) mass is 477 g/mol. The number of carbonyl (C=O) groups is 1. The van der Waals surface area contributed by atoms with Gasteiger partial charge in [0, 0.05) is 29.6 Å². The molecule has 0 spiro atoms. The highest BCUT2D eigenvalue weighted by Gasteiger charge is 2.29. The van der Waals surface area contributed by atoms with Gasteiger partial charge in [0.05, 0.1) is 5.69 Å². The summed E-state index contributed by atoms with van der Waals surface area (Å²) in [6.45, 7) is 5.00. The number of aromatic nitrogens is 2. The van der Waals surface area contributed by atoms with Gasteiger partial charge in [-0.15, -0.1) is 0 Å². The van der Waals surface area contributed by atoms with Crippen LogP contribution in [0.5, 0.6) is 0 Å². The van der Waals surface area contributed by atoms with Crippen LogP contribution < -0.4 is 5.32 Å². The lowest BCUT2D eigenvalue weighted by molar-refractivity contribution is 0.102. The number of aryl methyl sites for hydroxylation is 4. The number of halogens is 1. The van der Waals surface area contributed by atoms with Crippen molar-refractivity contribution in [2.24, 2.45) is 0 Å². The van der Waals surface area contributed by atoms with Gasteiger partial charge in [0.1, 0.15) is 17.2 Å². The summed E-state index contributed by atoms with van der Waals surface area (Å²) in [6.07, 6.45) is 5.05. The number of amides is 1. The van der Waals surface area contributed by atoms with Crippen LogP contribution in [0.2, 0.25) is 0 Å². The first-order valence-electron chi connectivity index (χ1n) is 12.5. The molecule has 0 saturated heterocycles. The maximum Gasteiger partial charge on any atom is 0.273 e. The van der Waals surface area contributed by atoms with Crippen molar-refractivity contribution in [1.82, 2.24) is 8.97 Å². The van der Waals surface area contributed by atoms with Crippen molar-refractivity contribution in [1.29, 1.82) is 0 Å². The van der Waals surface area contributed by atoms with Gasteiger partial charge < -0.3 is 9.88 Å². The van der Waals surface area contributed by atoms with Crippen LogP contribution in [0, 0.1) is 19.7 Å². The van der Waals surface area contributed by atoms with Gasteiger partial charge in [-0.3, -0.25) is 9.20 Å². The lowest BCUT2D eigenvalue weighted by Gasteiger charge is -2.10.